The summed E-state index contributed by atoms with van der Waals surface area (Å²) in [5.41, 5.74) is 4.89. The molecule has 1 amide bonds. The van der Waals surface area contributed by atoms with Gasteiger partial charge in [-0.05, 0) is 37.1 Å². The van der Waals surface area contributed by atoms with Crippen LogP contribution < -0.4 is 5.32 Å². The molecule has 86 valence electrons. The Labute approximate surface area is 98.6 Å². The van der Waals surface area contributed by atoms with E-state index in [9.17, 15) is 4.79 Å². The molecule has 1 N–H and O–H groups in total. The highest BCUT2D eigenvalue weighted by molar-refractivity contribution is 5.99. The first-order valence-electron chi connectivity index (χ1n) is 5.51. The molecule has 17 heavy (non-hydrogen) atoms. The van der Waals surface area contributed by atoms with Crippen molar-refractivity contribution < 1.29 is 9.32 Å². The van der Waals surface area contributed by atoms with Crippen LogP contribution >= 0.6 is 0 Å². The van der Waals surface area contributed by atoms with Crippen LogP contribution in [-0.2, 0) is 11.2 Å². The van der Waals surface area contributed by atoms with Crippen molar-refractivity contribution in [2.75, 3.05) is 5.32 Å². The second kappa shape index (κ2) is 3.45. The van der Waals surface area contributed by atoms with Crippen molar-refractivity contribution in [3.63, 3.8) is 0 Å². The van der Waals surface area contributed by atoms with Crippen molar-refractivity contribution in [2.24, 2.45) is 0 Å². The van der Waals surface area contributed by atoms with Gasteiger partial charge in [0, 0.05) is 11.3 Å². The minimum atomic E-state index is 0.0518. The number of rotatable bonds is 1. The van der Waals surface area contributed by atoms with Gasteiger partial charge in [-0.2, -0.15) is 0 Å². The highest BCUT2D eigenvalue weighted by Crippen LogP contribution is 2.32. The maximum absolute atomic E-state index is 11.3. The van der Waals surface area contributed by atoms with Crippen LogP contribution in [0.25, 0.3) is 11.1 Å². The Hall–Kier alpha value is -2.10. The van der Waals surface area contributed by atoms with E-state index in [0.29, 0.717) is 6.42 Å². The van der Waals surface area contributed by atoms with Gasteiger partial charge in [-0.1, -0.05) is 11.2 Å². The molecule has 0 spiro atoms. The first kappa shape index (κ1) is 10.1. The summed E-state index contributed by atoms with van der Waals surface area (Å²) in [6.07, 6.45) is 0.451. The highest BCUT2D eigenvalue weighted by atomic mass is 16.5. The van der Waals surface area contributed by atoms with Gasteiger partial charge in [0.2, 0.25) is 5.91 Å². The molecular formula is C13H12N2O2. The summed E-state index contributed by atoms with van der Waals surface area (Å²) in [5.74, 6) is 0.857. The molecule has 1 aliphatic rings. The van der Waals surface area contributed by atoms with Gasteiger partial charge < -0.3 is 9.84 Å². The van der Waals surface area contributed by atoms with E-state index in [1.54, 1.807) is 0 Å². The molecule has 0 radical (unpaired) electrons. The van der Waals surface area contributed by atoms with Crippen LogP contribution in [0, 0.1) is 13.8 Å². The molecule has 4 heteroatoms. The van der Waals surface area contributed by atoms with E-state index in [2.05, 4.69) is 10.5 Å². The Morgan fingerprint density at radius 2 is 2.18 bits per heavy atom. The maximum atomic E-state index is 11.3. The summed E-state index contributed by atoms with van der Waals surface area (Å²) in [7, 11) is 0. The van der Waals surface area contributed by atoms with Crippen LogP contribution in [0.3, 0.4) is 0 Å². The van der Waals surface area contributed by atoms with E-state index >= 15 is 0 Å². The fraction of sp³-hybridized carbons (Fsp3) is 0.231. The van der Waals surface area contributed by atoms with Gasteiger partial charge in [0.25, 0.3) is 0 Å². The summed E-state index contributed by atoms with van der Waals surface area (Å²) >= 11 is 0. The Kier molecular flexibility index (Phi) is 2.04. The highest BCUT2D eigenvalue weighted by Gasteiger charge is 2.19. The van der Waals surface area contributed by atoms with E-state index < -0.39 is 0 Å². The first-order chi connectivity index (χ1) is 8.15. The average Bonchev–Trinajstić information content (AvgIpc) is 2.80. The number of anilines is 1. The van der Waals surface area contributed by atoms with Crippen LogP contribution in [0.2, 0.25) is 0 Å². The van der Waals surface area contributed by atoms with E-state index in [1.165, 1.54) is 0 Å². The van der Waals surface area contributed by atoms with Crippen molar-refractivity contribution in [1.29, 1.82) is 0 Å². The molecule has 1 aliphatic heterocycles. The van der Waals surface area contributed by atoms with E-state index in [0.717, 1.165) is 33.8 Å². The molecule has 4 nitrogen and oxygen atoms in total. The molecule has 0 saturated heterocycles. The van der Waals surface area contributed by atoms with Gasteiger partial charge >= 0.3 is 0 Å². The lowest BCUT2D eigenvalue weighted by Crippen LogP contribution is -2.03. The number of hydrogen-bond acceptors (Lipinski definition) is 3. The Balaban J connectivity index is 2.12. The van der Waals surface area contributed by atoms with Gasteiger partial charge in [0.1, 0.15) is 5.76 Å². The lowest BCUT2D eigenvalue weighted by atomic mass is 10.0. The Morgan fingerprint density at radius 3 is 2.88 bits per heavy atom. The molecule has 0 fully saturated rings. The van der Waals surface area contributed by atoms with Gasteiger partial charge in [-0.3, -0.25) is 4.79 Å². The zero-order chi connectivity index (χ0) is 12.0. The number of amides is 1. The lowest BCUT2D eigenvalue weighted by Gasteiger charge is -2.03. The van der Waals surface area contributed by atoms with Crippen molar-refractivity contribution in [3.05, 3.63) is 35.2 Å². The van der Waals surface area contributed by atoms with Gasteiger partial charge in [0.05, 0.1) is 12.1 Å². The van der Waals surface area contributed by atoms with Crippen LogP contribution in [0.4, 0.5) is 5.69 Å². The predicted octanol–water partition coefficient (Wildman–Crippen LogP) is 2.45. The fourth-order valence-corrected chi connectivity index (χ4v) is 2.28. The molecule has 0 atom stereocenters. The largest absolute Gasteiger partial charge is 0.361 e. The van der Waals surface area contributed by atoms with Crippen LogP contribution in [0.1, 0.15) is 17.0 Å². The standard InChI is InChI=1S/C13H12N2O2/c1-7-13(8(2)17-15-7)9-3-4-11-10(5-9)6-12(16)14-11/h3-5H,6H2,1-2H3,(H,14,16). The number of benzene rings is 1. The van der Waals surface area contributed by atoms with Gasteiger partial charge in [0.15, 0.2) is 0 Å². The number of carbonyl (C=O) groups is 1. The Bertz CT molecular complexity index is 594. The molecule has 3 rings (SSSR count). The first-order valence-corrected chi connectivity index (χ1v) is 5.51. The molecule has 0 saturated carbocycles. The van der Waals surface area contributed by atoms with Gasteiger partial charge in [-0.15, -0.1) is 0 Å². The Morgan fingerprint density at radius 1 is 1.35 bits per heavy atom. The molecule has 1 aromatic carbocycles. The normalized spacial score (nSPS) is 13.6. The van der Waals surface area contributed by atoms with Gasteiger partial charge in [-0.25, -0.2) is 0 Å². The lowest BCUT2D eigenvalue weighted by molar-refractivity contribution is -0.115. The molecule has 2 aromatic rings. The van der Waals surface area contributed by atoms with Crippen LogP contribution in [0.5, 0.6) is 0 Å². The number of hydrogen-bond donors (Lipinski definition) is 1. The second-order valence-corrected chi connectivity index (χ2v) is 4.30. The van der Waals surface area contributed by atoms with Crippen molar-refractivity contribution in [1.82, 2.24) is 5.16 Å². The molecule has 0 unspecified atom stereocenters. The quantitative estimate of drug-likeness (QED) is 0.815. The van der Waals surface area contributed by atoms with Crippen LogP contribution in [-0.4, -0.2) is 11.1 Å². The van der Waals surface area contributed by atoms with E-state index in [-0.39, 0.29) is 5.91 Å². The molecule has 0 aliphatic carbocycles. The smallest absolute Gasteiger partial charge is 0.228 e. The van der Waals surface area contributed by atoms with Crippen LogP contribution in [0.15, 0.2) is 22.7 Å². The summed E-state index contributed by atoms with van der Waals surface area (Å²) in [6, 6.07) is 5.94. The average molecular weight is 228 g/mol. The summed E-state index contributed by atoms with van der Waals surface area (Å²) in [4.78, 5) is 11.3. The van der Waals surface area contributed by atoms with Crippen molar-refractivity contribution in [3.8, 4) is 11.1 Å². The number of fused-ring (bicyclic) bond motifs is 1. The summed E-state index contributed by atoms with van der Waals surface area (Å²) in [6.45, 7) is 3.81. The third kappa shape index (κ3) is 1.53. The topological polar surface area (TPSA) is 55.1 Å². The number of aryl methyl sites for hydroxylation is 2. The summed E-state index contributed by atoms with van der Waals surface area (Å²) in [5, 5.41) is 6.76. The van der Waals surface area contributed by atoms with E-state index in [4.69, 9.17) is 4.52 Å². The molecular weight excluding hydrogens is 216 g/mol. The second-order valence-electron chi connectivity index (χ2n) is 4.30. The molecule has 2 heterocycles. The zero-order valence-electron chi connectivity index (χ0n) is 9.70. The molecule has 0 bridgehead atoms. The third-order valence-corrected chi connectivity index (χ3v) is 3.05. The number of carbonyl (C=O) groups excluding carboxylic acids is 1. The molecule has 1 aromatic heterocycles. The zero-order valence-corrected chi connectivity index (χ0v) is 9.70. The predicted molar refractivity (Wildman–Crippen MR) is 63.7 cm³/mol. The number of nitrogens with zero attached hydrogens (tertiary/aromatic N) is 1. The minimum Gasteiger partial charge on any atom is -0.361 e. The fourth-order valence-electron chi connectivity index (χ4n) is 2.28. The maximum Gasteiger partial charge on any atom is 0.228 e. The minimum absolute atomic E-state index is 0.0518. The van der Waals surface area contributed by atoms with Crippen molar-refractivity contribution in [2.45, 2.75) is 20.3 Å². The monoisotopic (exact) mass is 228 g/mol. The number of nitrogens with one attached hydrogen (secondary N) is 1. The summed E-state index contributed by atoms with van der Waals surface area (Å²) < 4.78 is 5.16. The SMILES string of the molecule is Cc1noc(C)c1-c1ccc2c(c1)CC(=O)N2. The number of aromatic nitrogens is 1. The van der Waals surface area contributed by atoms with E-state index in [1.807, 2.05) is 32.0 Å². The third-order valence-electron chi connectivity index (χ3n) is 3.05. The van der Waals surface area contributed by atoms with Crippen molar-refractivity contribution >= 4 is 11.6 Å².